The average molecular weight is 324 g/mol. The molecule has 0 aliphatic carbocycles. The molecule has 3 heterocycles. The third kappa shape index (κ3) is 2.35. The van der Waals surface area contributed by atoms with Crippen molar-refractivity contribution in [3.05, 3.63) is 42.1 Å². The van der Waals surface area contributed by atoms with Crippen LogP contribution in [0.5, 0.6) is 5.75 Å². The Morgan fingerprint density at radius 2 is 1.88 bits per heavy atom. The van der Waals surface area contributed by atoms with Crippen molar-refractivity contribution < 1.29 is 10.2 Å². The summed E-state index contributed by atoms with van der Waals surface area (Å²) in [6, 6.07) is 10.9. The molecule has 0 saturated carbocycles. The van der Waals surface area contributed by atoms with Gasteiger partial charge in [0.25, 0.3) is 0 Å². The summed E-state index contributed by atoms with van der Waals surface area (Å²) in [5.74, 6) is 0.178. The Morgan fingerprint density at radius 1 is 1.12 bits per heavy atom. The third-order valence-corrected chi connectivity index (χ3v) is 4.88. The molecule has 1 aromatic carbocycles. The van der Waals surface area contributed by atoms with Gasteiger partial charge in [0, 0.05) is 12.6 Å². The van der Waals surface area contributed by atoms with Crippen LogP contribution in [0.15, 0.2) is 36.4 Å². The van der Waals surface area contributed by atoms with Crippen LogP contribution in [0.4, 0.5) is 0 Å². The van der Waals surface area contributed by atoms with Crippen molar-refractivity contribution in [1.29, 1.82) is 0 Å². The monoisotopic (exact) mass is 324 g/mol. The van der Waals surface area contributed by atoms with Crippen LogP contribution < -0.4 is 5.32 Å². The summed E-state index contributed by atoms with van der Waals surface area (Å²) in [6.07, 6.45) is 1.36. The highest BCUT2D eigenvalue weighted by molar-refractivity contribution is 5.82. The highest BCUT2D eigenvalue weighted by Crippen LogP contribution is 2.35. The van der Waals surface area contributed by atoms with Crippen molar-refractivity contribution in [2.24, 2.45) is 7.05 Å². The molecule has 0 atom stereocenters. The fraction of sp³-hybridized carbons (Fsp3) is 0.333. The molecule has 6 heteroatoms. The molecule has 1 aliphatic rings. The number of hydrogen-bond acceptors (Lipinski definition) is 5. The number of aliphatic hydroxyl groups is 1. The quantitative estimate of drug-likeness (QED) is 0.671. The molecular formula is C18H20N4O2. The Bertz CT molecular complexity index is 897. The Hall–Kier alpha value is -2.44. The number of hydrogen-bond donors (Lipinski definition) is 3. The van der Waals surface area contributed by atoms with E-state index >= 15 is 0 Å². The van der Waals surface area contributed by atoms with Gasteiger partial charge in [-0.25, -0.2) is 0 Å². The summed E-state index contributed by atoms with van der Waals surface area (Å²) < 4.78 is 1.98. The zero-order valence-electron chi connectivity index (χ0n) is 13.5. The van der Waals surface area contributed by atoms with Crippen LogP contribution in [-0.4, -0.2) is 38.1 Å². The first-order chi connectivity index (χ1) is 11.6. The van der Waals surface area contributed by atoms with Gasteiger partial charge in [-0.1, -0.05) is 12.1 Å². The zero-order valence-corrected chi connectivity index (χ0v) is 13.5. The molecular weight excluding hydrogens is 304 g/mol. The van der Waals surface area contributed by atoms with Crippen molar-refractivity contribution in [1.82, 2.24) is 20.1 Å². The maximum atomic E-state index is 11.0. The first-order valence-electron chi connectivity index (χ1n) is 8.14. The van der Waals surface area contributed by atoms with Crippen LogP contribution >= 0.6 is 0 Å². The van der Waals surface area contributed by atoms with E-state index in [-0.39, 0.29) is 5.75 Å². The number of aromatic nitrogens is 3. The average Bonchev–Trinajstić information content (AvgIpc) is 2.93. The molecule has 1 fully saturated rings. The number of benzene rings is 1. The van der Waals surface area contributed by atoms with E-state index in [9.17, 15) is 10.2 Å². The van der Waals surface area contributed by atoms with E-state index in [4.69, 9.17) is 0 Å². The SMILES string of the molecule is Cn1c(C2(O)CCNCC2)cc2nnc(-c3ccccc3O)cc21. The fourth-order valence-electron chi connectivity index (χ4n) is 3.48. The molecule has 124 valence electrons. The van der Waals surface area contributed by atoms with E-state index in [1.807, 2.05) is 35.9 Å². The molecule has 0 bridgehead atoms. The first-order valence-corrected chi connectivity index (χ1v) is 8.14. The maximum absolute atomic E-state index is 11.0. The molecule has 3 aromatic rings. The Morgan fingerprint density at radius 3 is 2.62 bits per heavy atom. The molecule has 0 unspecified atom stereocenters. The molecule has 0 amide bonds. The molecule has 1 saturated heterocycles. The van der Waals surface area contributed by atoms with Gasteiger partial charge in [0.15, 0.2) is 0 Å². The lowest BCUT2D eigenvalue weighted by Crippen LogP contribution is -2.40. The molecule has 0 spiro atoms. The van der Waals surface area contributed by atoms with E-state index in [1.54, 1.807) is 12.1 Å². The Labute approximate surface area is 139 Å². The van der Waals surface area contributed by atoms with Gasteiger partial charge < -0.3 is 20.1 Å². The van der Waals surface area contributed by atoms with Crippen LogP contribution in [0.1, 0.15) is 18.5 Å². The van der Waals surface area contributed by atoms with Crippen molar-refractivity contribution in [2.45, 2.75) is 18.4 Å². The normalized spacial score (nSPS) is 17.2. The van der Waals surface area contributed by atoms with Gasteiger partial charge in [-0.2, -0.15) is 0 Å². The van der Waals surface area contributed by atoms with Gasteiger partial charge in [0.1, 0.15) is 16.9 Å². The largest absolute Gasteiger partial charge is 0.507 e. The Balaban J connectivity index is 1.84. The number of phenols is 1. The van der Waals surface area contributed by atoms with Crippen LogP contribution in [0.25, 0.3) is 22.3 Å². The number of rotatable bonds is 2. The summed E-state index contributed by atoms with van der Waals surface area (Å²) in [6.45, 7) is 1.60. The zero-order chi connectivity index (χ0) is 16.7. The molecule has 4 rings (SSSR count). The summed E-state index contributed by atoms with van der Waals surface area (Å²) >= 11 is 0. The molecule has 3 N–H and O–H groups in total. The second kappa shape index (κ2) is 5.58. The maximum Gasteiger partial charge on any atom is 0.125 e. The second-order valence-corrected chi connectivity index (χ2v) is 6.39. The minimum atomic E-state index is -0.838. The Kier molecular flexibility index (Phi) is 3.51. The molecule has 24 heavy (non-hydrogen) atoms. The van der Waals surface area contributed by atoms with Gasteiger partial charge in [0.2, 0.25) is 0 Å². The first kappa shape index (κ1) is 15.1. The lowest BCUT2D eigenvalue weighted by Gasteiger charge is -2.33. The van der Waals surface area contributed by atoms with Gasteiger partial charge in [-0.15, -0.1) is 10.2 Å². The number of piperidine rings is 1. The van der Waals surface area contributed by atoms with E-state index in [1.165, 1.54) is 0 Å². The molecule has 0 radical (unpaired) electrons. The van der Waals surface area contributed by atoms with Crippen molar-refractivity contribution in [3.8, 4) is 17.0 Å². The topological polar surface area (TPSA) is 83.2 Å². The predicted molar refractivity (Wildman–Crippen MR) is 91.6 cm³/mol. The van der Waals surface area contributed by atoms with Crippen molar-refractivity contribution in [3.63, 3.8) is 0 Å². The number of aromatic hydroxyl groups is 1. The highest BCUT2D eigenvalue weighted by Gasteiger charge is 2.34. The van der Waals surface area contributed by atoms with Crippen LogP contribution in [0.3, 0.4) is 0 Å². The molecule has 6 nitrogen and oxygen atoms in total. The van der Waals surface area contributed by atoms with E-state index in [0.29, 0.717) is 24.1 Å². The van der Waals surface area contributed by atoms with Gasteiger partial charge in [-0.05, 0) is 50.2 Å². The number of nitrogens with zero attached hydrogens (tertiary/aromatic N) is 3. The summed E-state index contributed by atoms with van der Waals surface area (Å²) in [5.41, 5.74) is 2.93. The second-order valence-electron chi connectivity index (χ2n) is 6.39. The van der Waals surface area contributed by atoms with Crippen LogP contribution in [0, 0.1) is 0 Å². The predicted octanol–water partition coefficient (Wildman–Crippen LogP) is 1.91. The van der Waals surface area contributed by atoms with Gasteiger partial charge >= 0.3 is 0 Å². The van der Waals surface area contributed by atoms with E-state index in [2.05, 4.69) is 15.5 Å². The lowest BCUT2D eigenvalue weighted by molar-refractivity contribution is -0.000254. The summed E-state index contributed by atoms with van der Waals surface area (Å²) in [7, 11) is 1.94. The van der Waals surface area contributed by atoms with Gasteiger partial charge in [-0.3, -0.25) is 0 Å². The summed E-state index contributed by atoms with van der Waals surface area (Å²) in [5, 5.41) is 32.9. The standard InChI is InChI=1S/C18H20N4O2/c1-22-15-10-13(12-4-2-3-5-16(12)23)20-21-14(15)11-17(22)18(24)6-8-19-9-7-18/h2-5,10-11,19,23-24H,6-9H2,1H3. The van der Waals surface area contributed by atoms with Crippen LogP contribution in [0.2, 0.25) is 0 Å². The van der Waals surface area contributed by atoms with Crippen molar-refractivity contribution in [2.75, 3.05) is 13.1 Å². The van der Waals surface area contributed by atoms with Crippen LogP contribution in [-0.2, 0) is 12.6 Å². The lowest BCUT2D eigenvalue weighted by atomic mass is 9.89. The minimum absolute atomic E-state index is 0.178. The fourth-order valence-corrected chi connectivity index (χ4v) is 3.48. The minimum Gasteiger partial charge on any atom is -0.507 e. The number of nitrogens with one attached hydrogen (secondary N) is 1. The number of para-hydroxylation sites is 1. The smallest absolute Gasteiger partial charge is 0.125 e. The molecule has 2 aromatic heterocycles. The van der Waals surface area contributed by atoms with Gasteiger partial charge in [0.05, 0.1) is 16.9 Å². The number of fused-ring (bicyclic) bond motifs is 1. The number of aryl methyl sites for hydroxylation is 1. The highest BCUT2D eigenvalue weighted by atomic mass is 16.3. The third-order valence-electron chi connectivity index (χ3n) is 4.88. The molecule has 1 aliphatic heterocycles. The van der Waals surface area contributed by atoms with Crippen molar-refractivity contribution >= 4 is 11.0 Å². The van der Waals surface area contributed by atoms with E-state index in [0.717, 1.165) is 29.8 Å². The summed E-state index contributed by atoms with van der Waals surface area (Å²) in [4.78, 5) is 0. The van der Waals surface area contributed by atoms with E-state index < -0.39 is 5.60 Å². The number of phenolic OH excluding ortho intramolecular Hbond substituents is 1.